The molecule has 0 radical (unpaired) electrons. The second-order valence-corrected chi connectivity index (χ2v) is 5.80. The third-order valence-corrected chi connectivity index (χ3v) is 4.12. The number of hydrogen-bond donors (Lipinski definition) is 1. The number of aromatic nitrogens is 2. The minimum Gasteiger partial charge on any atom is -0.369 e. The molecule has 2 heterocycles. The molecule has 22 heavy (non-hydrogen) atoms. The maximum absolute atomic E-state index is 11.3. The highest BCUT2D eigenvalue weighted by molar-refractivity contribution is 5.76. The van der Waals surface area contributed by atoms with Gasteiger partial charge in [-0.15, -0.1) is 0 Å². The summed E-state index contributed by atoms with van der Waals surface area (Å²) in [6.45, 7) is 4.17. The summed E-state index contributed by atoms with van der Waals surface area (Å²) >= 11 is 0. The van der Waals surface area contributed by atoms with Crippen molar-refractivity contribution in [3.8, 4) is 11.4 Å². The fraction of sp³-hybridized carbons (Fsp3) is 0.438. The van der Waals surface area contributed by atoms with Gasteiger partial charge in [0.05, 0.1) is 12.5 Å². The summed E-state index contributed by atoms with van der Waals surface area (Å²) in [6, 6.07) is 7.94. The molecule has 0 aliphatic carbocycles. The highest BCUT2D eigenvalue weighted by Crippen LogP contribution is 2.22. The number of likely N-dealkylation sites (tertiary alicyclic amines) is 1. The van der Waals surface area contributed by atoms with E-state index in [1.807, 2.05) is 31.2 Å². The van der Waals surface area contributed by atoms with Gasteiger partial charge in [-0.1, -0.05) is 29.4 Å². The Kier molecular flexibility index (Phi) is 4.20. The van der Waals surface area contributed by atoms with Crippen LogP contribution in [0.5, 0.6) is 0 Å². The molecule has 1 amide bonds. The van der Waals surface area contributed by atoms with E-state index < -0.39 is 0 Å². The van der Waals surface area contributed by atoms with Crippen LogP contribution < -0.4 is 5.73 Å². The van der Waals surface area contributed by atoms with E-state index in [0.717, 1.165) is 30.5 Å². The van der Waals surface area contributed by atoms with Crippen molar-refractivity contribution in [1.82, 2.24) is 15.0 Å². The average molecular weight is 300 g/mol. The molecule has 2 aromatic rings. The predicted molar refractivity (Wildman–Crippen MR) is 81.7 cm³/mol. The van der Waals surface area contributed by atoms with Gasteiger partial charge in [0.1, 0.15) is 0 Å². The van der Waals surface area contributed by atoms with Crippen molar-refractivity contribution < 1.29 is 9.32 Å². The number of amides is 1. The third-order valence-electron chi connectivity index (χ3n) is 4.12. The summed E-state index contributed by atoms with van der Waals surface area (Å²) in [7, 11) is 0. The maximum atomic E-state index is 11.3. The Morgan fingerprint density at radius 3 is 3.05 bits per heavy atom. The largest absolute Gasteiger partial charge is 0.369 e. The Morgan fingerprint density at radius 1 is 1.45 bits per heavy atom. The van der Waals surface area contributed by atoms with Gasteiger partial charge < -0.3 is 10.3 Å². The number of primary amides is 1. The summed E-state index contributed by atoms with van der Waals surface area (Å²) in [6.07, 6.45) is 1.83. The minimum absolute atomic E-state index is 0.0764. The number of benzene rings is 1. The third kappa shape index (κ3) is 3.17. The molecule has 1 aliphatic heterocycles. The molecule has 1 fully saturated rings. The molecule has 1 aromatic heterocycles. The van der Waals surface area contributed by atoms with E-state index in [0.29, 0.717) is 24.8 Å². The number of carbonyl (C=O) groups is 1. The lowest BCUT2D eigenvalue weighted by molar-refractivity contribution is -0.123. The molecule has 6 nitrogen and oxygen atoms in total. The van der Waals surface area contributed by atoms with Crippen LogP contribution in [0.15, 0.2) is 28.8 Å². The van der Waals surface area contributed by atoms with Crippen molar-refractivity contribution in [3.05, 3.63) is 35.7 Å². The zero-order valence-electron chi connectivity index (χ0n) is 12.7. The van der Waals surface area contributed by atoms with Crippen LogP contribution in [0.3, 0.4) is 0 Å². The van der Waals surface area contributed by atoms with Gasteiger partial charge in [-0.2, -0.15) is 4.98 Å². The lowest BCUT2D eigenvalue weighted by Crippen LogP contribution is -2.40. The molecule has 0 bridgehead atoms. The van der Waals surface area contributed by atoms with Crippen molar-refractivity contribution in [2.45, 2.75) is 26.3 Å². The summed E-state index contributed by atoms with van der Waals surface area (Å²) < 4.78 is 5.35. The quantitative estimate of drug-likeness (QED) is 0.929. The number of carbonyl (C=O) groups excluding carboxylic acids is 1. The van der Waals surface area contributed by atoms with Crippen molar-refractivity contribution in [2.75, 3.05) is 13.1 Å². The predicted octanol–water partition coefficient (Wildman–Crippen LogP) is 1.74. The number of nitrogens with zero attached hydrogens (tertiary/aromatic N) is 3. The molecule has 1 saturated heterocycles. The first-order chi connectivity index (χ1) is 10.6. The molecule has 0 spiro atoms. The molecular formula is C16H20N4O2. The van der Waals surface area contributed by atoms with Gasteiger partial charge in [-0.05, 0) is 31.9 Å². The Morgan fingerprint density at radius 2 is 2.27 bits per heavy atom. The van der Waals surface area contributed by atoms with Crippen LogP contribution >= 0.6 is 0 Å². The van der Waals surface area contributed by atoms with E-state index in [4.69, 9.17) is 10.3 Å². The second-order valence-electron chi connectivity index (χ2n) is 5.80. The van der Waals surface area contributed by atoms with Gasteiger partial charge in [0.25, 0.3) is 0 Å². The standard InChI is InChI=1S/C16H20N4O2/c1-11-5-2-3-7-13(11)16-18-14(22-19-16)10-20-8-4-6-12(9-20)15(17)21/h2-3,5,7,12H,4,6,8-10H2,1H3,(H2,17,21). The first-order valence-corrected chi connectivity index (χ1v) is 7.54. The highest BCUT2D eigenvalue weighted by Gasteiger charge is 2.25. The van der Waals surface area contributed by atoms with E-state index in [1.165, 1.54) is 0 Å². The van der Waals surface area contributed by atoms with Crippen LogP contribution in [-0.4, -0.2) is 34.0 Å². The van der Waals surface area contributed by atoms with E-state index in [9.17, 15) is 4.79 Å². The summed E-state index contributed by atoms with van der Waals surface area (Å²) in [4.78, 5) is 17.9. The molecule has 1 unspecified atom stereocenters. The van der Waals surface area contributed by atoms with Crippen LogP contribution in [0.2, 0.25) is 0 Å². The fourth-order valence-corrected chi connectivity index (χ4v) is 2.87. The normalized spacial score (nSPS) is 19.2. The van der Waals surface area contributed by atoms with Crippen LogP contribution in [0.1, 0.15) is 24.3 Å². The van der Waals surface area contributed by atoms with Gasteiger partial charge in [0, 0.05) is 12.1 Å². The lowest BCUT2D eigenvalue weighted by atomic mass is 9.97. The van der Waals surface area contributed by atoms with Crippen molar-refractivity contribution in [2.24, 2.45) is 11.7 Å². The van der Waals surface area contributed by atoms with E-state index >= 15 is 0 Å². The minimum atomic E-state index is -0.226. The lowest BCUT2D eigenvalue weighted by Gasteiger charge is -2.29. The fourth-order valence-electron chi connectivity index (χ4n) is 2.87. The van der Waals surface area contributed by atoms with Gasteiger partial charge in [-0.25, -0.2) is 0 Å². The first kappa shape index (κ1) is 14.7. The van der Waals surface area contributed by atoms with E-state index in [1.54, 1.807) is 0 Å². The van der Waals surface area contributed by atoms with Crippen molar-refractivity contribution in [1.29, 1.82) is 0 Å². The van der Waals surface area contributed by atoms with Crippen LogP contribution in [0, 0.1) is 12.8 Å². The number of nitrogens with two attached hydrogens (primary N) is 1. The topological polar surface area (TPSA) is 85.3 Å². The van der Waals surface area contributed by atoms with Gasteiger partial charge in [0.2, 0.25) is 17.6 Å². The molecule has 1 atom stereocenters. The number of piperidine rings is 1. The van der Waals surface area contributed by atoms with Crippen molar-refractivity contribution >= 4 is 5.91 Å². The number of hydrogen-bond acceptors (Lipinski definition) is 5. The molecular weight excluding hydrogens is 280 g/mol. The van der Waals surface area contributed by atoms with Crippen molar-refractivity contribution in [3.63, 3.8) is 0 Å². The van der Waals surface area contributed by atoms with E-state index in [-0.39, 0.29) is 11.8 Å². The van der Waals surface area contributed by atoms with Crippen LogP contribution in [-0.2, 0) is 11.3 Å². The van der Waals surface area contributed by atoms with Crippen LogP contribution in [0.25, 0.3) is 11.4 Å². The van der Waals surface area contributed by atoms with E-state index in [2.05, 4.69) is 15.0 Å². The summed E-state index contributed by atoms with van der Waals surface area (Å²) in [5, 5.41) is 4.06. The monoisotopic (exact) mass is 300 g/mol. The summed E-state index contributed by atoms with van der Waals surface area (Å²) in [5.74, 6) is 0.878. The Hall–Kier alpha value is -2.21. The first-order valence-electron chi connectivity index (χ1n) is 7.54. The molecule has 6 heteroatoms. The zero-order chi connectivity index (χ0) is 15.5. The Labute approximate surface area is 129 Å². The second kappa shape index (κ2) is 6.27. The smallest absolute Gasteiger partial charge is 0.241 e. The maximum Gasteiger partial charge on any atom is 0.241 e. The van der Waals surface area contributed by atoms with Gasteiger partial charge in [0.15, 0.2) is 0 Å². The molecule has 3 rings (SSSR count). The Bertz CT molecular complexity index is 668. The SMILES string of the molecule is Cc1ccccc1-c1noc(CN2CCCC(C(N)=O)C2)n1. The molecule has 1 aliphatic rings. The van der Waals surface area contributed by atoms with Crippen LogP contribution in [0.4, 0.5) is 0 Å². The molecule has 2 N–H and O–H groups in total. The number of rotatable bonds is 4. The Balaban J connectivity index is 1.70. The zero-order valence-corrected chi connectivity index (χ0v) is 12.7. The van der Waals surface area contributed by atoms with Gasteiger partial charge in [-0.3, -0.25) is 9.69 Å². The van der Waals surface area contributed by atoms with Gasteiger partial charge >= 0.3 is 0 Å². The molecule has 116 valence electrons. The summed E-state index contributed by atoms with van der Waals surface area (Å²) in [5.41, 5.74) is 7.49. The number of aryl methyl sites for hydroxylation is 1. The molecule has 0 saturated carbocycles. The molecule has 1 aromatic carbocycles. The average Bonchev–Trinajstić information content (AvgIpc) is 2.96. The highest BCUT2D eigenvalue weighted by atomic mass is 16.5.